The molecule has 2 saturated carbocycles. The van der Waals surface area contributed by atoms with Crippen molar-refractivity contribution < 1.29 is 27.1 Å². The highest BCUT2D eigenvalue weighted by molar-refractivity contribution is 5.90. The average Bonchev–Trinajstić information content (AvgIpc) is 2.84. The van der Waals surface area contributed by atoms with Crippen LogP contribution >= 0.6 is 0 Å². The van der Waals surface area contributed by atoms with E-state index < -0.39 is 40.9 Å². The van der Waals surface area contributed by atoms with Gasteiger partial charge in [-0.2, -0.15) is 0 Å². The number of hydrogen-bond acceptors (Lipinski definition) is 2. The van der Waals surface area contributed by atoms with E-state index in [4.69, 9.17) is 4.74 Å². The lowest BCUT2D eigenvalue weighted by molar-refractivity contribution is 0.0188. The van der Waals surface area contributed by atoms with E-state index in [1.54, 1.807) is 19.1 Å². The molecule has 0 bridgehead atoms. The van der Waals surface area contributed by atoms with Crippen LogP contribution in [0.25, 0.3) is 0 Å². The number of ether oxygens (including phenoxy) is 1. The Morgan fingerprint density at radius 3 is 1.88 bits per heavy atom. The molecule has 2 aliphatic rings. The summed E-state index contributed by atoms with van der Waals surface area (Å²) in [5.41, 5.74) is 0.642. The van der Waals surface area contributed by atoms with Gasteiger partial charge in [-0.25, -0.2) is 22.4 Å². The van der Waals surface area contributed by atoms with Gasteiger partial charge in [-0.15, -0.1) is 0 Å². The highest BCUT2D eigenvalue weighted by atomic mass is 19.2. The van der Waals surface area contributed by atoms with Crippen molar-refractivity contribution >= 4 is 5.97 Å². The molecular formula is C28H32F4O2. The Hall–Kier alpha value is -2.37. The van der Waals surface area contributed by atoms with Gasteiger partial charge in [0.15, 0.2) is 23.3 Å². The molecule has 0 radical (unpaired) electrons. The monoisotopic (exact) mass is 476 g/mol. The van der Waals surface area contributed by atoms with E-state index in [1.165, 1.54) is 12.1 Å². The van der Waals surface area contributed by atoms with Crippen LogP contribution in [0, 0.1) is 29.2 Å². The Morgan fingerprint density at radius 2 is 1.29 bits per heavy atom. The second kappa shape index (κ2) is 10.5. The van der Waals surface area contributed by atoms with Crippen molar-refractivity contribution in [3.63, 3.8) is 0 Å². The zero-order valence-electron chi connectivity index (χ0n) is 19.8. The minimum absolute atomic E-state index is 0.0253. The van der Waals surface area contributed by atoms with Crippen molar-refractivity contribution in [2.45, 2.75) is 89.6 Å². The Morgan fingerprint density at radius 1 is 0.765 bits per heavy atom. The molecule has 6 heteroatoms. The van der Waals surface area contributed by atoms with Crippen molar-refractivity contribution in [3.8, 4) is 0 Å². The molecule has 2 nitrogen and oxygen atoms in total. The summed E-state index contributed by atoms with van der Waals surface area (Å²) in [6.07, 6.45) is 5.51. The highest BCUT2D eigenvalue weighted by Crippen LogP contribution is 2.39. The van der Waals surface area contributed by atoms with Crippen molar-refractivity contribution in [1.29, 1.82) is 0 Å². The molecule has 184 valence electrons. The van der Waals surface area contributed by atoms with Gasteiger partial charge < -0.3 is 4.74 Å². The topological polar surface area (TPSA) is 26.3 Å². The zero-order chi connectivity index (χ0) is 24.4. The van der Waals surface area contributed by atoms with Crippen LogP contribution in [-0.2, 0) is 11.2 Å². The first-order valence-electron chi connectivity index (χ1n) is 12.5. The van der Waals surface area contributed by atoms with Crippen molar-refractivity contribution in [3.05, 3.63) is 69.8 Å². The fourth-order valence-corrected chi connectivity index (χ4v) is 5.51. The van der Waals surface area contributed by atoms with Crippen LogP contribution in [0.3, 0.4) is 0 Å². The molecule has 0 amide bonds. The lowest BCUT2D eigenvalue weighted by Crippen LogP contribution is -2.25. The normalized spacial score (nSPS) is 25.2. The number of halogens is 4. The predicted molar refractivity (Wildman–Crippen MR) is 123 cm³/mol. The lowest BCUT2D eigenvalue weighted by atomic mass is 9.79. The number of rotatable bonds is 5. The molecule has 0 unspecified atom stereocenters. The number of carbonyl (C=O) groups is 1. The second-order valence-electron chi connectivity index (χ2n) is 9.96. The summed E-state index contributed by atoms with van der Waals surface area (Å²) in [5, 5.41) is 0. The van der Waals surface area contributed by atoms with Gasteiger partial charge in [0, 0.05) is 0 Å². The molecule has 0 aromatic heterocycles. The Balaban J connectivity index is 1.38. The van der Waals surface area contributed by atoms with E-state index in [1.807, 2.05) is 0 Å². The molecule has 0 heterocycles. The van der Waals surface area contributed by atoms with Crippen LogP contribution in [0.15, 0.2) is 24.3 Å². The number of esters is 1. The quantitative estimate of drug-likeness (QED) is 0.323. The maximum atomic E-state index is 14.8. The molecule has 2 aliphatic carbocycles. The summed E-state index contributed by atoms with van der Waals surface area (Å²) in [6.45, 7) is 3.94. The average molecular weight is 477 g/mol. The second-order valence-corrected chi connectivity index (χ2v) is 9.96. The van der Waals surface area contributed by atoms with Crippen LogP contribution in [0.5, 0.6) is 0 Å². The fourth-order valence-electron chi connectivity index (χ4n) is 5.51. The number of carbonyl (C=O) groups excluding carboxylic acids is 1. The molecule has 34 heavy (non-hydrogen) atoms. The maximum absolute atomic E-state index is 14.8. The van der Waals surface area contributed by atoms with E-state index in [0.29, 0.717) is 54.7 Å². The Bertz CT molecular complexity index is 1040. The summed E-state index contributed by atoms with van der Waals surface area (Å²) in [7, 11) is 0. The fraction of sp³-hybridized carbons (Fsp3) is 0.536. The molecular weight excluding hydrogens is 444 g/mol. The van der Waals surface area contributed by atoms with Gasteiger partial charge >= 0.3 is 5.97 Å². The summed E-state index contributed by atoms with van der Waals surface area (Å²) >= 11 is 0. The maximum Gasteiger partial charge on any atom is 0.341 e. The van der Waals surface area contributed by atoms with Crippen LogP contribution in [0.4, 0.5) is 17.6 Å². The third kappa shape index (κ3) is 5.01. The third-order valence-corrected chi connectivity index (χ3v) is 7.75. The first kappa shape index (κ1) is 24.7. The zero-order valence-corrected chi connectivity index (χ0v) is 19.8. The minimum atomic E-state index is -1.15. The molecule has 0 atom stereocenters. The number of hydrogen-bond donors (Lipinski definition) is 0. The Kier molecular flexibility index (Phi) is 7.63. The SMILES string of the molecule is CCc1ccc(C2CCC(OC(=O)c3ccc(C4CCC(C)CC4)c(F)c3F)CC2)c(F)c1F. The van der Waals surface area contributed by atoms with Crippen LogP contribution in [0.1, 0.15) is 104 Å². The highest BCUT2D eigenvalue weighted by Gasteiger charge is 2.30. The summed E-state index contributed by atoms with van der Waals surface area (Å²) < 4.78 is 63.7. The van der Waals surface area contributed by atoms with Gasteiger partial charge in [-0.1, -0.05) is 44.9 Å². The molecule has 0 N–H and O–H groups in total. The summed E-state index contributed by atoms with van der Waals surface area (Å²) in [4.78, 5) is 12.6. The van der Waals surface area contributed by atoms with Crippen molar-refractivity contribution in [2.24, 2.45) is 5.92 Å². The smallest absolute Gasteiger partial charge is 0.341 e. The van der Waals surface area contributed by atoms with Gasteiger partial charge in [0.05, 0.1) is 5.56 Å². The van der Waals surface area contributed by atoms with Gasteiger partial charge in [-0.3, -0.25) is 0 Å². The van der Waals surface area contributed by atoms with E-state index in [-0.39, 0.29) is 11.8 Å². The number of aryl methyl sites for hydroxylation is 1. The van der Waals surface area contributed by atoms with Gasteiger partial charge in [0.2, 0.25) is 0 Å². The summed E-state index contributed by atoms with van der Waals surface area (Å²) in [6, 6.07) is 6.10. The molecule has 2 aromatic rings. The molecule has 0 aliphatic heterocycles. The van der Waals surface area contributed by atoms with E-state index in [2.05, 4.69) is 6.92 Å². The molecule has 0 saturated heterocycles. The molecule has 0 spiro atoms. The molecule has 4 rings (SSSR count). The Labute approximate surface area is 198 Å². The van der Waals surface area contributed by atoms with Crippen LogP contribution in [0.2, 0.25) is 0 Å². The first-order chi connectivity index (χ1) is 16.3. The summed E-state index contributed by atoms with van der Waals surface area (Å²) in [5.74, 6) is -4.17. The minimum Gasteiger partial charge on any atom is -0.459 e. The van der Waals surface area contributed by atoms with E-state index in [0.717, 1.165) is 25.7 Å². The first-order valence-corrected chi connectivity index (χ1v) is 12.5. The molecule has 2 fully saturated rings. The van der Waals surface area contributed by atoms with Gasteiger partial charge in [0.25, 0.3) is 0 Å². The largest absolute Gasteiger partial charge is 0.459 e. The van der Waals surface area contributed by atoms with E-state index >= 15 is 0 Å². The molecule has 2 aromatic carbocycles. The van der Waals surface area contributed by atoms with Crippen LogP contribution < -0.4 is 0 Å². The third-order valence-electron chi connectivity index (χ3n) is 7.75. The van der Waals surface area contributed by atoms with Crippen molar-refractivity contribution in [2.75, 3.05) is 0 Å². The predicted octanol–water partition coefficient (Wildman–Crippen LogP) is 7.98. The standard InChI is InChI=1S/C28H32F4O2/c1-3-17-10-13-21(25(30)24(17)29)19-8-11-20(12-9-19)34-28(33)23-15-14-22(26(31)27(23)32)18-6-4-16(2)5-7-18/h10,13-16,18-20H,3-9,11-12H2,1-2H3. The van der Waals surface area contributed by atoms with Gasteiger partial charge in [-0.05, 0) is 85.5 Å². The van der Waals surface area contributed by atoms with Crippen LogP contribution in [-0.4, -0.2) is 12.1 Å². The van der Waals surface area contributed by atoms with E-state index in [9.17, 15) is 22.4 Å². The van der Waals surface area contributed by atoms with Crippen molar-refractivity contribution in [1.82, 2.24) is 0 Å². The van der Waals surface area contributed by atoms with Gasteiger partial charge in [0.1, 0.15) is 6.10 Å². The number of benzene rings is 2. The lowest BCUT2D eigenvalue weighted by Gasteiger charge is -2.29.